The van der Waals surface area contributed by atoms with Crippen LogP contribution in [0, 0.1) is 0 Å². The maximum Gasteiger partial charge on any atom is 0.410 e. The Morgan fingerprint density at radius 2 is 1.79 bits per heavy atom. The smallest absolute Gasteiger partial charge is 0.410 e. The first kappa shape index (κ1) is 16.2. The van der Waals surface area contributed by atoms with Gasteiger partial charge in [0.15, 0.2) is 0 Å². The lowest BCUT2D eigenvalue weighted by molar-refractivity contribution is -0.113. The van der Waals surface area contributed by atoms with Crippen molar-refractivity contribution in [2.75, 3.05) is 20.2 Å². The zero-order valence-electron chi connectivity index (χ0n) is 12.9. The molecule has 0 aromatic carbocycles. The molecular weight excluding hydrogens is 246 g/mol. The third-order valence-electron chi connectivity index (χ3n) is 3.37. The zero-order chi connectivity index (χ0) is 14.9. The van der Waals surface area contributed by atoms with E-state index in [-0.39, 0.29) is 11.7 Å². The van der Waals surface area contributed by atoms with Gasteiger partial charge in [0.1, 0.15) is 11.2 Å². The lowest BCUT2D eigenvalue weighted by Gasteiger charge is -2.47. The lowest BCUT2D eigenvalue weighted by Crippen LogP contribution is -2.64. The molecule has 1 rings (SSSR count). The highest BCUT2D eigenvalue weighted by Crippen LogP contribution is 2.30. The molecule has 5 heteroatoms. The summed E-state index contributed by atoms with van der Waals surface area (Å²) >= 11 is 0. The molecule has 0 spiro atoms. The van der Waals surface area contributed by atoms with E-state index in [4.69, 9.17) is 9.47 Å². The second-order valence-electron chi connectivity index (χ2n) is 7.02. The molecule has 1 aliphatic rings. The fourth-order valence-electron chi connectivity index (χ4n) is 1.91. The summed E-state index contributed by atoms with van der Waals surface area (Å²) in [6.45, 7) is 10.1. The van der Waals surface area contributed by atoms with E-state index in [1.165, 1.54) is 4.90 Å². The lowest BCUT2D eigenvalue weighted by atomic mass is 9.85. The normalized spacial score (nSPS) is 19.0. The van der Waals surface area contributed by atoms with Crippen molar-refractivity contribution in [3.05, 3.63) is 0 Å². The molecule has 0 saturated carbocycles. The number of ether oxygens (including phenoxy) is 2. The van der Waals surface area contributed by atoms with Gasteiger partial charge in [-0.15, -0.1) is 0 Å². The summed E-state index contributed by atoms with van der Waals surface area (Å²) in [5.74, 6) is 0. The van der Waals surface area contributed by atoms with Crippen molar-refractivity contribution < 1.29 is 19.4 Å². The number of nitrogens with zero attached hydrogens (tertiary/aromatic N) is 1. The van der Waals surface area contributed by atoms with E-state index in [1.807, 2.05) is 34.6 Å². The number of carbonyl (C=O) groups is 1. The third kappa shape index (κ3) is 4.99. The molecule has 0 aromatic rings. The number of rotatable bonds is 4. The molecule has 1 aliphatic heterocycles. The minimum absolute atomic E-state index is 0.248. The van der Waals surface area contributed by atoms with E-state index in [9.17, 15) is 9.90 Å². The number of carbonyl (C=O) groups excluding carboxylic acids is 1. The molecule has 0 aliphatic carbocycles. The highest BCUT2D eigenvalue weighted by atomic mass is 16.6. The molecule has 0 aromatic heterocycles. The van der Waals surface area contributed by atoms with Gasteiger partial charge in [-0.05, 0) is 47.5 Å². The zero-order valence-corrected chi connectivity index (χ0v) is 12.9. The predicted octanol–water partition coefficient (Wildman–Crippen LogP) is 2.17. The highest BCUT2D eigenvalue weighted by molar-refractivity contribution is 5.69. The van der Waals surface area contributed by atoms with Gasteiger partial charge in [-0.1, -0.05) is 0 Å². The molecule has 0 bridgehead atoms. The number of likely N-dealkylation sites (tertiary alicyclic amines) is 1. The first-order chi connectivity index (χ1) is 8.46. The van der Waals surface area contributed by atoms with Crippen LogP contribution in [0.25, 0.3) is 0 Å². The van der Waals surface area contributed by atoms with Crippen molar-refractivity contribution in [2.45, 2.75) is 64.3 Å². The SMILES string of the molecule is COC(C)(C)CCC1(O)CN(C(=O)OC(C)(C)C)C1. The Hall–Kier alpha value is -0.810. The summed E-state index contributed by atoms with van der Waals surface area (Å²) in [5.41, 5.74) is -1.54. The summed E-state index contributed by atoms with van der Waals surface area (Å²) in [7, 11) is 1.66. The topological polar surface area (TPSA) is 59.0 Å². The Balaban J connectivity index is 2.37. The summed E-state index contributed by atoms with van der Waals surface area (Å²) in [4.78, 5) is 13.3. The van der Waals surface area contributed by atoms with Gasteiger partial charge in [-0.3, -0.25) is 0 Å². The van der Waals surface area contributed by atoms with Gasteiger partial charge in [0.25, 0.3) is 0 Å². The summed E-state index contributed by atoms with van der Waals surface area (Å²) in [6, 6.07) is 0. The van der Waals surface area contributed by atoms with Gasteiger partial charge >= 0.3 is 6.09 Å². The van der Waals surface area contributed by atoms with Crippen LogP contribution in [0.3, 0.4) is 0 Å². The summed E-state index contributed by atoms with van der Waals surface area (Å²) in [5, 5.41) is 10.3. The number of hydrogen-bond donors (Lipinski definition) is 1. The molecule has 0 radical (unpaired) electrons. The van der Waals surface area contributed by atoms with E-state index < -0.39 is 11.2 Å². The van der Waals surface area contributed by atoms with Gasteiger partial charge in [0, 0.05) is 7.11 Å². The van der Waals surface area contributed by atoms with Crippen LogP contribution in [-0.4, -0.2) is 53.1 Å². The molecule has 1 N–H and O–H groups in total. The monoisotopic (exact) mass is 273 g/mol. The second kappa shape index (κ2) is 5.29. The van der Waals surface area contributed by atoms with E-state index in [0.29, 0.717) is 19.5 Å². The largest absolute Gasteiger partial charge is 0.444 e. The summed E-state index contributed by atoms with van der Waals surface area (Å²) in [6.07, 6.45) is 1.01. The van der Waals surface area contributed by atoms with Crippen LogP contribution in [-0.2, 0) is 9.47 Å². The molecule has 0 unspecified atom stereocenters. The molecule has 1 fully saturated rings. The fraction of sp³-hybridized carbons (Fsp3) is 0.929. The molecule has 1 saturated heterocycles. The molecule has 19 heavy (non-hydrogen) atoms. The van der Waals surface area contributed by atoms with Crippen LogP contribution >= 0.6 is 0 Å². The Morgan fingerprint density at radius 3 is 2.21 bits per heavy atom. The Bertz CT molecular complexity index is 327. The Kier molecular flexibility index (Phi) is 4.52. The van der Waals surface area contributed by atoms with E-state index in [0.717, 1.165) is 6.42 Å². The van der Waals surface area contributed by atoms with Crippen molar-refractivity contribution in [1.29, 1.82) is 0 Å². The quantitative estimate of drug-likeness (QED) is 0.853. The van der Waals surface area contributed by atoms with Crippen LogP contribution in [0.15, 0.2) is 0 Å². The second-order valence-corrected chi connectivity index (χ2v) is 7.02. The number of hydrogen-bond acceptors (Lipinski definition) is 4. The molecule has 0 atom stereocenters. The number of methoxy groups -OCH3 is 1. The third-order valence-corrected chi connectivity index (χ3v) is 3.37. The number of aliphatic hydroxyl groups is 1. The van der Waals surface area contributed by atoms with E-state index in [2.05, 4.69) is 0 Å². The maximum absolute atomic E-state index is 11.8. The molecular formula is C14H27NO4. The van der Waals surface area contributed by atoms with Crippen LogP contribution in [0.4, 0.5) is 4.79 Å². The van der Waals surface area contributed by atoms with Crippen molar-refractivity contribution >= 4 is 6.09 Å². The van der Waals surface area contributed by atoms with E-state index >= 15 is 0 Å². The number of β-amino-alcohol motifs (C(OH)–C–C–N with tert-alkyl or cyclic N) is 1. The van der Waals surface area contributed by atoms with Crippen LogP contribution < -0.4 is 0 Å². The van der Waals surface area contributed by atoms with Crippen LogP contribution in [0.1, 0.15) is 47.5 Å². The molecule has 5 nitrogen and oxygen atoms in total. The average molecular weight is 273 g/mol. The van der Waals surface area contributed by atoms with Crippen molar-refractivity contribution in [3.63, 3.8) is 0 Å². The Labute approximate surface area is 115 Å². The fourth-order valence-corrected chi connectivity index (χ4v) is 1.91. The minimum atomic E-state index is -0.799. The maximum atomic E-state index is 11.8. The first-order valence-corrected chi connectivity index (χ1v) is 6.72. The first-order valence-electron chi connectivity index (χ1n) is 6.72. The highest BCUT2D eigenvalue weighted by Gasteiger charge is 2.45. The average Bonchev–Trinajstić information content (AvgIpc) is 2.20. The van der Waals surface area contributed by atoms with Gasteiger partial charge in [0.2, 0.25) is 0 Å². The molecule has 112 valence electrons. The van der Waals surface area contributed by atoms with Crippen LogP contribution in [0.5, 0.6) is 0 Å². The van der Waals surface area contributed by atoms with Crippen LogP contribution in [0.2, 0.25) is 0 Å². The number of amides is 1. The van der Waals surface area contributed by atoms with Gasteiger partial charge < -0.3 is 19.5 Å². The molecule has 1 amide bonds. The summed E-state index contributed by atoms with van der Waals surface area (Å²) < 4.78 is 10.6. The predicted molar refractivity (Wildman–Crippen MR) is 73.1 cm³/mol. The Morgan fingerprint density at radius 1 is 1.26 bits per heavy atom. The standard InChI is InChI=1S/C14H27NO4/c1-12(2,3)19-11(16)15-9-14(17,10-15)8-7-13(4,5)18-6/h17H,7-10H2,1-6H3. The van der Waals surface area contributed by atoms with Gasteiger partial charge in [0.05, 0.1) is 18.7 Å². The minimum Gasteiger partial charge on any atom is -0.444 e. The van der Waals surface area contributed by atoms with Gasteiger partial charge in [-0.25, -0.2) is 4.79 Å². The van der Waals surface area contributed by atoms with Gasteiger partial charge in [-0.2, -0.15) is 0 Å². The van der Waals surface area contributed by atoms with E-state index in [1.54, 1.807) is 7.11 Å². The van der Waals surface area contributed by atoms with Crippen molar-refractivity contribution in [2.24, 2.45) is 0 Å². The van der Waals surface area contributed by atoms with Crippen molar-refractivity contribution in [3.8, 4) is 0 Å². The molecule has 1 heterocycles. The van der Waals surface area contributed by atoms with Crippen molar-refractivity contribution in [1.82, 2.24) is 4.90 Å².